The van der Waals surface area contributed by atoms with Gasteiger partial charge in [-0.2, -0.15) is 0 Å². The molecule has 218 valence electrons. The second-order valence-corrected chi connectivity index (χ2v) is 9.65. The van der Waals surface area contributed by atoms with E-state index in [2.05, 4.69) is 10.6 Å². The molecule has 0 aliphatic carbocycles. The molecule has 0 radical (unpaired) electrons. The van der Waals surface area contributed by atoms with Crippen molar-refractivity contribution in [3.63, 3.8) is 0 Å². The van der Waals surface area contributed by atoms with Crippen LogP contribution in [0.4, 0.5) is 16.2 Å². The fraction of sp³-hybridized carbons (Fsp3) is 0.226. The fourth-order valence-electron chi connectivity index (χ4n) is 3.97. The average Bonchev–Trinajstić information content (AvgIpc) is 2.96. The highest BCUT2D eigenvalue weighted by Gasteiger charge is 2.37. The van der Waals surface area contributed by atoms with Crippen molar-refractivity contribution in [2.75, 3.05) is 30.0 Å². The van der Waals surface area contributed by atoms with E-state index in [1.165, 1.54) is 12.1 Å². The SMILES string of the molecule is CCCOc1ccc(N2C(=O)NC(=O)/C(=C\c3ccc(OCC(=O)Nc4ccc(C)c(Cl)c4)cc3)C2=O)cc1OCC. The van der Waals surface area contributed by atoms with Crippen LogP contribution in [0.15, 0.2) is 66.2 Å². The number of urea groups is 1. The average molecular weight is 592 g/mol. The summed E-state index contributed by atoms with van der Waals surface area (Å²) in [5.41, 5.74) is 1.95. The highest BCUT2D eigenvalue weighted by molar-refractivity contribution is 6.39. The third-order valence-electron chi connectivity index (χ3n) is 6.07. The topological polar surface area (TPSA) is 123 Å². The Bertz CT molecular complexity index is 1540. The van der Waals surface area contributed by atoms with Gasteiger partial charge in [0, 0.05) is 16.8 Å². The number of aryl methyl sites for hydroxylation is 1. The zero-order chi connectivity index (χ0) is 30.2. The zero-order valence-corrected chi connectivity index (χ0v) is 24.1. The Morgan fingerprint density at radius 3 is 2.40 bits per heavy atom. The quantitative estimate of drug-likeness (QED) is 0.222. The molecule has 5 amide bonds. The number of anilines is 2. The highest BCUT2D eigenvalue weighted by Crippen LogP contribution is 2.34. The lowest BCUT2D eigenvalue weighted by atomic mass is 10.1. The first-order valence-corrected chi connectivity index (χ1v) is 13.7. The third kappa shape index (κ3) is 7.27. The first-order valence-electron chi connectivity index (χ1n) is 13.3. The molecule has 1 aliphatic heterocycles. The summed E-state index contributed by atoms with van der Waals surface area (Å²) in [6.45, 7) is 6.23. The van der Waals surface area contributed by atoms with Crippen molar-refractivity contribution in [1.29, 1.82) is 0 Å². The van der Waals surface area contributed by atoms with Crippen LogP contribution in [0.3, 0.4) is 0 Å². The Morgan fingerprint density at radius 2 is 1.71 bits per heavy atom. The Hall–Kier alpha value is -4.83. The first kappa shape index (κ1) is 30.1. The summed E-state index contributed by atoms with van der Waals surface area (Å²) in [7, 11) is 0. The zero-order valence-electron chi connectivity index (χ0n) is 23.4. The van der Waals surface area contributed by atoms with E-state index in [0.717, 1.165) is 16.9 Å². The van der Waals surface area contributed by atoms with Gasteiger partial charge < -0.3 is 19.5 Å². The van der Waals surface area contributed by atoms with Crippen LogP contribution in [0, 0.1) is 6.92 Å². The van der Waals surface area contributed by atoms with E-state index >= 15 is 0 Å². The predicted molar refractivity (Wildman–Crippen MR) is 159 cm³/mol. The molecule has 1 fully saturated rings. The Kier molecular flexibility index (Phi) is 9.82. The summed E-state index contributed by atoms with van der Waals surface area (Å²) >= 11 is 6.10. The molecule has 11 heteroatoms. The van der Waals surface area contributed by atoms with Gasteiger partial charge in [-0.15, -0.1) is 0 Å². The molecular formula is C31H30ClN3O7. The maximum atomic E-state index is 13.3. The molecule has 10 nitrogen and oxygen atoms in total. The standard InChI is InChI=1S/C31H30ClN3O7/c1-4-14-41-26-13-10-22(17-27(26)40-5-2)35-30(38)24(29(37)34-31(35)39)15-20-7-11-23(12-8-20)42-18-28(36)33-21-9-6-19(3)25(32)16-21/h6-13,15-17H,4-5,14,18H2,1-3H3,(H,33,36)(H,34,37,39)/b24-15+. The molecule has 42 heavy (non-hydrogen) atoms. The lowest BCUT2D eigenvalue weighted by Gasteiger charge is -2.27. The number of nitrogens with one attached hydrogen (secondary N) is 2. The molecule has 0 bridgehead atoms. The van der Waals surface area contributed by atoms with Crippen molar-refractivity contribution >= 4 is 52.8 Å². The van der Waals surface area contributed by atoms with Crippen LogP contribution in [0.25, 0.3) is 6.08 Å². The maximum absolute atomic E-state index is 13.3. The highest BCUT2D eigenvalue weighted by atomic mass is 35.5. The number of halogens is 1. The number of hydrogen-bond acceptors (Lipinski definition) is 7. The number of carbonyl (C=O) groups excluding carboxylic acids is 4. The molecular weight excluding hydrogens is 562 g/mol. The van der Waals surface area contributed by atoms with Gasteiger partial charge in [0.15, 0.2) is 18.1 Å². The lowest BCUT2D eigenvalue weighted by molar-refractivity contribution is -0.122. The minimum atomic E-state index is -0.873. The summed E-state index contributed by atoms with van der Waals surface area (Å²) < 4.78 is 16.9. The molecule has 2 N–H and O–H groups in total. The Labute approximate surface area is 248 Å². The van der Waals surface area contributed by atoms with E-state index in [1.807, 2.05) is 13.8 Å². The summed E-state index contributed by atoms with van der Waals surface area (Å²) in [6.07, 6.45) is 2.17. The number of benzene rings is 3. The summed E-state index contributed by atoms with van der Waals surface area (Å²) in [6, 6.07) is 15.5. The first-order chi connectivity index (χ1) is 20.2. The normalized spacial score (nSPS) is 14.0. The minimum absolute atomic E-state index is 0.220. The number of hydrogen-bond donors (Lipinski definition) is 2. The van der Waals surface area contributed by atoms with Crippen molar-refractivity contribution in [2.45, 2.75) is 27.2 Å². The molecule has 1 heterocycles. The molecule has 0 atom stereocenters. The summed E-state index contributed by atoms with van der Waals surface area (Å²) in [5, 5.41) is 5.46. The van der Waals surface area contributed by atoms with Crippen LogP contribution in [0.5, 0.6) is 17.2 Å². The third-order valence-corrected chi connectivity index (χ3v) is 6.47. The summed E-state index contributed by atoms with van der Waals surface area (Å²) in [5.74, 6) is -0.715. The number of amides is 5. The number of imide groups is 2. The van der Waals surface area contributed by atoms with Gasteiger partial charge in [-0.05, 0) is 73.9 Å². The molecule has 3 aromatic carbocycles. The van der Waals surface area contributed by atoms with Crippen LogP contribution >= 0.6 is 11.6 Å². The van der Waals surface area contributed by atoms with Gasteiger partial charge in [0.1, 0.15) is 11.3 Å². The second-order valence-electron chi connectivity index (χ2n) is 9.24. The van der Waals surface area contributed by atoms with Gasteiger partial charge in [0.05, 0.1) is 18.9 Å². The van der Waals surface area contributed by atoms with Crippen molar-refractivity contribution in [3.8, 4) is 17.2 Å². The number of carbonyl (C=O) groups is 4. The molecule has 1 saturated heterocycles. The molecule has 0 aromatic heterocycles. The molecule has 4 rings (SSSR count). The van der Waals surface area contributed by atoms with Crippen LogP contribution in [-0.4, -0.2) is 43.6 Å². The van der Waals surface area contributed by atoms with Crippen LogP contribution in [0.2, 0.25) is 5.02 Å². The van der Waals surface area contributed by atoms with Gasteiger partial charge in [-0.1, -0.05) is 36.7 Å². The van der Waals surface area contributed by atoms with Crippen molar-refractivity contribution in [1.82, 2.24) is 5.32 Å². The van der Waals surface area contributed by atoms with E-state index in [1.54, 1.807) is 61.5 Å². The van der Waals surface area contributed by atoms with Crippen LogP contribution < -0.4 is 29.7 Å². The smallest absolute Gasteiger partial charge is 0.335 e. The van der Waals surface area contributed by atoms with E-state index in [0.29, 0.717) is 46.7 Å². The predicted octanol–water partition coefficient (Wildman–Crippen LogP) is 5.52. The summed E-state index contributed by atoms with van der Waals surface area (Å²) in [4.78, 5) is 51.8. The van der Waals surface area contributed by atoms with Crippen LogP contribution in [-0.2, 0) is 14.4 Å². The lowest BCUT2D eigenvalue weighted by Crippen LogP contribution is -2.54. The monoisotopic (exact) mass is 591 g/mol. The van der Waals surface area contributed by atoms with Gasteiger partial charge in [-0.25, -0.2) is 9.69 Å². The van der Waals surface area contributed by atoms with Gasteiger partial charge in [0.2, 0.25) is 0 Å². The number of nitrogens with zero attached hydrogens (tertiary/aromatic N) is 1. The second kappa shape index (κ2) is 13.7. The largest absolute Gasteiger partial charge is 0.490 e. The molecule has 0 unspecified atom stereocenters. The van der Waals surface area contributed by atoms with Gasteiger partial charge in [-0.3, -0.25) is 19.7 Å². The van der Waals surface area contributed by atoms with E-state index in [-0.39, 0.29) is 23.8 Å². The van der Waals surface area contributed by atoms with Crippen molar-refractivity contribution < 1.29 is 33.4 Å². The Balaban J connectivity index is 1.45. The van der Waals surface area contributed by atoms with Gasteiger partial charge in [0.25, 0.3) is 17.7 Å². The Morgan fingerprint density at radius 1 is 0.952 bits per heavy atom. The van der Waals surface area contributed by atoms with Gasteiger partial charge >= 0.3 is 6.03 Å². The molecule has 3 aromatic rings. The minimum Gasteiger partial charge on any atom is -0.490 e. The maximum Gasteiger partial charge on any atom is 0.335 e. The molecule has 1 aliphatic rings. The fourth-order valence-corrected chi connectivity index (χ4v) is 4.15. The number of ether oxygens (including phenoxy) is 3. The number of barbiturate groups is 1. The van der Waals surface area contributed by atoms with E-state index in [9.17, 15) is 19.2 Å². The van der Waals surface area contributed by atoms with Crippen molar-refractivity contribution in [2.24, 2.45) is 0 Å². The van der Waals surface area contributed by atoms with E-state index in [4.69, 9.17) is 25.8 Å². The van der Waals surface area contributed by atoms with Crippen molar-refractivity contribution in [3.05, 3.63) is 82.4 Å². The molecule has 0 spiro atoms. The molecule has 0 saturated carbocycles. The van der Waals surface area contributed by atoms with E-state index < -0.39 is 17.8 Å². The van der Waals surface area contributed by atoms with Crippen LogP contribution in [0.1, 0.15) is 31.4 Å². The number of rotatable bonds is 11.